The Morgan fingerprint density at radius 2 is 0.877 bits per heavy atom. The molecule has 0 atom stereocenters. The second-order valence-electron chi connectivity index (χ2n) is 15.4. The van der Waals surface area contributed by atoms with Crippen molar-refractivity contribution in [2.24, 2.45) is 0 Å². The first-order valence-electron chi connectivity index (χ1n) is 22.2. The van der Waals surface area contributed by atoms with Gasteiger partial charge in [-0.2, -0.15) is 0 Å². The Labute approximate surface area is 428 Å². The van der Waals surface area contributed by atoms with Crippen LogP contribution in [0.2, 0.25) is 0 Å². The van der Waals surface area contributed by atoms with Crippen LogP contribution in [0.15, 0.2) is 170 Å². The molecule has 0 aliphatic rings. The molecule has 73 heavy (non-hydrogen) atoms. The molecule has 17 heteroatoms. The van der Waals surface area contributed by atoms with Crippen LogP contribution in [0.1, 0.15) is 67.3 Å². The zero-order valence-corrected chi connectivity index (χ0v) is 41.4. The molecule has 0 N–H and O–H groups in total. The van der Waals surface area contributed by atoms with Crippen LogP contribution in [-0.2, 0) is 35.9 Å². The quantitative estimate of drug-likeness (QED) is 0.0322. The minimum atomic E-state index is -0.616. The third-order valence-electron chi connectivity index (χ3n) is 10.3. The van der Waals surface area contributed by atoms with E-state index in [4.69, 9.17) is 23.7 Å². The van der Waals surface area contributed by atoms with Gasteiger partial charge in [0.2, 0.25) is 0 Å². The Bertz CT molecular complexity index is 3120. The zero-order chi connectivity index (χ0) is 52.0. The summed E-state index contributed by atoms with van der Waals surface area (Å²) in [5, 5.41) is 21.9. The van der Waals surface area contributed by atoms with Crippen molar-refractivity contribution in [1.29, 1.82) is 0 Å². The van der Waals surface area contributed by atoms with Gasteiger partial charge in [0.25, 0.3) is 11.4 Å². The predicted octanol–water partition coefficient (Wildman–Crippen LogP) is 13.2. The number of ether oxygens (including phenoxy) is 6. The van der Waals surface area contributed by atoms with Gasteiger partial charge in [0.15, 0.2) is 6.29 Å². The van der Waals surface area contributed by atoms with Crippen LogP contribution in [0.25, 0.3) is 12.2 Å². The number of nitrogens with zero attached hydrogens (tertiary/aromatic N) is 2. The Morgan fingerprint density at radius 1 is 0.493 bits per heavy atom. The molecule has 0 amide bonds. The van der Waals surface area contributed by atoms with Gasteiger partial charge in [-0.3, -0.25) is 25.0 Å². The second kappa shape index (κ2) is 27.5. The topological polar surface area (TPSA) is 193 Å². The molecule has 372 valence electrons. The average molecular weight is 1020 g/mol. The highest BCUT2D eigenvalue weighted by atomic mass is 32.1. The first kappa shape index (κ1) is 53.4. The van der Waals surface area contributed by atoms with Crippen LogP contribution in [0.3, 0.4) is 0 Å². The summed E-state index contributed by atoms with van der Waals surface area (Å²) in [4.78, 5) is 56.2. The van der Waals surface area contributed by atoms with Crippen LogP contribution >= 0.6 is 22.7 Å². The molecule has 15 nitrogen and oxygen atoms in total. The molecule has 0 aliphatic carbocycles. The van der Waals surface area contributed by atoms with Gasteiger partial charge in [0, 0.05) is 29.8 Å². The Kier molecular flexibility index (Phi) is 20.1. The third-order valence-corrected chi connectivity index (χ3v) is 12.4. The number of hydrogen-bond donors (Lipinski definition) is 0. The van der Waals surface area contributed by atoms with E-state index in [0.717, 1.165) is 51.2 Å². The minimum Gasteiger partial charge on any atom is -0.489 e. The summed E-state index contributed by atoms with van der Waals surface area (Å²) in [5.74, 6) is 1.24. The van der Waals surface area contributed by atoms with Gasteiger partial charge in [-0.15, -0.1) is 22.7 Å². The number of aldehydes is 1. The molecular weight excluding hydrogens is 973 g/mol. The molecule has 6 aromatic carbocycles. The number of nitro groups is 2. The lowest BCUT2D eigenvalue weighted by molar-refractivity contribution is -0.385. The van der Waals surface area contributed by atoms with Crippen LogP contribution in [-0.4, -0.2) is 42.3 Å². The number of carbonyl (C=O) groups is 3. The fourth-order valence-corrected chi connectivity index (χ4v) is 8.38. The van der Waals surface area contributed by atoms with Crippen LogP contribution in [0, 0.1) is 27.2 Å². The maximum Gasteiger partial charge on any atom is 0.348 e. The third kappa shape index (κ3) is 16.3. The van der Waals surface area contributed by atoms with E-state index in [2.05, 4.69) is 4.74 Å². The van der Waals surface area contributed by atoms with E-state index < -0.39 is 21.8 Å². The van der Waals surface area contributed by atoms with Crippen LogP contribution < -0.4 is 18.9 Å². The fourth-order valence-electron chi connectivity index (χ4n) is 6.53. The van der Waals surface area contributed by atoms with E-state index in [-0.39, 0.29) is 21.1 Å². The maximum atomic E-state index is 11.9. The van der Waals surface area contributed by atoms with Crippen molar-refractivity contribution in [3.05, 3.63) is 243 Å². The molecular formula is C56H48N2O13S2. The molecule has 0 unspecified atom stereocenters. The predicted molar refractivity (Wildman–Crippen MR) is 280 cm³/mol. The summed E-state index contributed by atoms with van der Waals surface area (Å²) in [7, 11) is 2.48. The van der Waals surface area contributed by atoms with Gasteiger partial charge in [-0.05, 0) is 65.6 Å². The summed E-state index contributed by atoms with van der Waals surface area (Å²) in [6.07, 6.45) is 4.12. The zero-order valence-electron chi connectivity index (χ0n) is 39.7. The number of rotatable bonds is 19. The highest BCUT2D eigenvalue weighted by Gasteiger charge is 2.22. The second-order valence-corrected chi connectivity index (χ2v) is 17.7. The lowest BCUT2D eigenvalue weighted by Crippen LogP contribution is -2.00. The fraction of sp³-hybridized carbons (Fsp3) is 0.125. The Morgan fingerprint density at radius 3 is 1.27 bits per heavy atom. The summed E-state index contributed by atoms with van der Waals surface area (Å²) >= 11 is 2.06. The molecule has 2 aromatic heterocycles. The minimum absolute atomic E-state index is 0.0367. The lowest BCUT2D eigenvalue weighted by Gasteiger charge is -2.13. The molecule has 0 saturated carbocycles. The normalized spacial score (nSPS) is 10.4. The number of aryl methyl sites for hydroxylation is 1. The molecule has 0 bridgehead atoms. The van der Waals surface area contributed by atoms with Crippen molar-refractivity contribution in [2.45, 2.75) is 33.4 Å². The average Bonchev–Trinajstić information content (AvgIpc) is 4.06. The smallest absolute Gasteiger partial charge is 0.348 e. The van der Waals surface area contributed by atoms with E-state index in [1.807, 2.05) is 133 Å². The maximum absolute atomic E-state index is 11.9. The Balaban J connectivity index is 0.000000201. The first-order valence-corrected chi connectivity index (χ1v) is 23.9. The van der Waals surface area contributed by atoms with Gasteiger partial charge in [0.1, 0.15) is 64.1 Å². The van der Waals surface area contributed by atoms with Gasteiger partial charge in [-0.25, -0.2) is 9.59 Å². The molecule has 0 saturated heterocycles. The molecule has 8 rings (SSSR count). The highest BCUT2D eigenvalue weighted by molar-refractivity contribution is 7.15. The van der Waals surface area contributed by atoms with E-state index in [0.29, 0.717) is 70.3 Å². The van der Waals surface area contributed by atoms with E-state index in [1.165, 1.54) is 26.4 Å². The van der Waals surface area contributed by atoms with Crippen molar-refractivity contribution < 1.29 is 52.7 Å². The number of hydrogen-bond acceptors (Lipinski definition) is 15. The summed E-state index contributed by atoms with van der Waals surface area (Å²) in [5.41, 5.74) is 5.20. The molecule has 2 heterocycles. The molecule has 0 radical (unpaired) electrons. The molecule has 0 fully saturated rings. The number of carbonyl (C=O) groups excluding carboxylic acids is 3. The lowest BCUT2D eigenvalue weighted by atomic mass is 10.1. The van der Waals surface area contributed by atoms with E-state index >= 15 is 0 Å². The number of thiophene rings is 2. The van der Waals surface area contributed by atoms with Crippen molar-refractivity contribution in [2.75, 3.05) is 14.2 Å². The van der Waals surface area contributed by atoms with Crippen molar-refractivity contribution in [3.8, 4) is 23.0 Å². The van der Waals surface area contributed by atoms with E-state index in [9.17, 15) is 34.6 Å². The first-order chi connectivity index (χ1) is 35.4. The van der Waals surface area contributed by atoms with Crippen molar-refractivity contribution in [1.82, 2.24) is 0 Å². The number of methoxy groups -OCH3 is 2. The standard InChI is InChI=1S/C28H23NO6S.C21H18O3.C7H7NO4S/c1-33-28(30)27-17-24(29(31)32)26(36-27)15-13-22-12-14-23(34-18-20-8-4-2-5-9-20)16-25(22)35-19-21-10-6-3-7-11-21;22-14-19-11-12-20(23-15-17-7-3-1-4-8-17)13-21(19)24-16-18-9-5-2-6-10-18;1-4-5(8(10)11)3-6(13-4)7(9)12-2/h2-17H,18-19H2,1H3;1-14H,15-16H2;3H,1-2H3/b15-13+;;. The molecule has 0 spiro atoms. The molecule has 0 aliphatic heterocycles. The molecule has 8 aromatic rings. The van der Waals surface area contributed by atoms with Gasteiger partial charge < -0.3 is 28.4 Å². The summed E-state index contributed by atoms with van der Waals surface area (Å²) in [6, 6.07) is 52.5. The van der Waals surface area contributed by atoms with E-state index in [1.54, 1.807) is 43.3 Å². The van der Waals surface area contributed by atoms with Gasteiger partial charge in [0.05, 0.1) is 34.5 Å². The van der Waals surface area contributed by atoms with Crippen molar-refractivity contribution >= 4 is 64.4 Å². The number of benzene rings is 6. The Hall–Kier alpha value is -8.93. The SMILES string of the molecule is COC(=O)c1cc([N+](=O)[O-])c(/C=C/c2ccc(OCc3ccccc3)cc2OCc2ccccc2)s1.COC(=O)c1cc([N+](=O)[O-])c(C)s1.O=Cc1ccc(OCc2ccccc2)cc1OCc1ccccc1. The number of esters is 2. The van der Waals surface area contributed by atoms with Crippen LogP contribution in [0.4, 0.5) is 11.4 Å². The van der Waals surface area contributed by atoms with Gasteiger partial charge in [-0.1, -0.05) is 121 Å². The van der Waals surface area contributed by atoms with Crippen LogP contribution in [0.5, 0.6) is 23.0 Å². The monoisotopic (exact) mass is 1020 g/mol. The largest absolute Gasteiger partial charge is 0.489 e. The highest BCUT2D eigenvalue weighted by Crippen LogP contribution is 2.34. The summed E-state index contributed by atoms with van der Waals surface area (Å²) < 4.78 is 32.8. The van der Waals surface area contributed by atoms with Crippen molar-refractivity contribution in [3.63, 3.8) is 0 Å². The van der Waals surface area contributed by atoms with Gasteiger partial charge >= 0.3 is 11.9 Å². The summed E-state index contributed by atoms with van der Waals surface area (Å²) in [6.45, 7) is 3.22.